The number of para-hydroxylation sites is 2. The molecule has 0 spiro atoms. The van der Waals surface area contributed by atoms with Crippen molar-refractivity contribution >= 4 is 28.5 Å². The lowest BCUT2D eigenvalue weighted by atomic mass is 9.91. The zero-order valence-corrected chi connectivity index (χ0v) is 17.9. The number of nitrogens with zero attached hydrogens (tertiary/aromatic N) is 4. The first-order valence-corrected chi connectivity index (χ1v) is 10.4. The van der Waals surface area contributed by atoms with Crippen LogP contribution < -0.4 is 10.9 Å². The molecule has 1 saturated heterocycles. The van der Waals surface area contributed by atoms with Crippen LogP contribution in [-0.2, 0) is 9.59 Å². The Bertz CT molecular complexity index is 1190. The Hall–Kier alpha value is -3.49. The third-order valence-electron chi connectivity index (χ3n) is 5.48. The molecule has 4 rings (SSSR count). The predicted molar refractivity (Wildman–Crippen MR) is 117 cm³/mol. The van der Waals surface area contributed by atoms with Gasteiger partial charge in [0.25, 0.3) is 5.56 Å². The number of carbonyl (C=O) groups excluding carboxylic acids is 2. The van der Waals surface area contributed by atoms with Crippen LogP contribution >= 0.6 is 0 Å². The highest BCUT2D eigenvalue weighted by Crippen LogP contribution is 2.26. The fourth-order valence-electron chi connectivity index (χ4n) is 3.88. The average molecular weight is 422 g/mol. The number of aromatic amines is 1. The van der Waals surface area contributed by atoms with Crippen LogP contribution in [0.3, 0.4) is 0 Å². The number of likely N-dealkylation sites (tertiary alicyclic amines) is 1. The van der Waals surface area contributed by atoms with Crippen molar-refractivity contribution in [3.05, 3.63) is 47.1 Å². The number of anilines is 1. The van der Waals surface area contributed by atoms with Gasteiger partial charge in [-0.05, 0) is 25.0 Å². The Kier molecular flexibility index (Phi) is 5.34. The number of hydrogen-bond donors (Lipinski definition) is 2. The Labute approximate surface area is 179 Å². The maximum Gasteiger partial charge on any atom is 0.261 e. The van der Waals surface area contributed by atoms with Gasteiger partial charge >= 0.3 is 0 Å². The zero-order valence-electron chi connectivity index (χ0n) is 17.9. The molecule has 2 aromatic heterocycles. The summed E-state index contributed by atoms with van der Waals surface area (Å²) in [7, 11) is 0. The summed E-state index contributed by atoms with van der Waals surface area (Å²) in [6, 6.07) is 7.24. The topological polar surface area (TPSA) is 113 Å². The highest BCUT2D eigenvalue weighted by atomic mass is 16.2. The molecule has 31 heavy (non-hydrogen) atoms. The Morgan fingerprint density at radius 3 is 2.77 bits per heavy atom. The summed E-state index contributed by atoms with van der Waals surface area (Å²) in [5.41, 5.74) is 0.839. The molecular weight excluding hydrogens is 396 g/mol. The molecule has 9 heteroatoms. The van der Waals surface area contributed by atoms with Gasteiger partial charge in [-0.2, -0.15) is 5.10 Å². The first-order chi connectivity index (χ1) is 14.8. The second-order valence-corrected chi connectivity index (χ2v) is 8.87. The van der Waals surface area contributed by atoms with Crippen molar-refractivity contribution in [2.45, 2.75) is 33.6 Å². The van der Waals surface area contributed by atoms with Crippen molar-refractivity contribution in [2.75, 3.05) is 18.4 Å². The van der Waals surface area contributed by atoms with E-state index in [4.69, 9.17) is 0 Å². The van der Waals surface area contributed by atoms with Crippen molar-refractivity contribution < 1.29 is 9.59 Å². The minimum atomic E-state index is -0.475. The quantitative estimate of drug-likeness (QED) is 0.673. The maximum atomic E-state index is 13.1. The largest absolute Gasteiger partial charge is 0.341 e. The highest BCUT2D eigenvalue weighted by Gasteiger charge is 2.33. The molecule has 1 aliphatic rings. The fraction of sp³-hybridized carbons (Fsp3) is 0.409. The molecule has 0 bridgehead atoms. The number of aromatic nitrogens is 4. The van der Waals surface area contributed by atoms with Gasteiger partial charge < -0.3 is 15.2 Å². The lowest BCUT2D eigenvalue weighted by Gasteiger charge is -2.36. The van der Waals surface area contributed by atoms with Gasteiger partial charge in [0, 0.05) is 18.5 Å². The average Bonchev–Trinajstić information content (AvgIpc) is 3.18. The molecule has 0 radical (unpaired) electrons. The number of nitrogens with one attached hydrogen (secondary N) is 2. The first-order valence-electron chi connectivity index (χ1n) is 10.4. The van der Waals surface area contributed by atoms with Gasteiger partial charge in [-0.15, -0.1) is 0 Å². The molecule has 2 N–H and O–H groups in total. The molecule has 1 unspecified atom stereocenters. The van der Waals surface area contributed by atoms with Crippen LogP contribution in [0.1, 0.15) is 33.6 Å². The third kappa shape index (κ3) is 4.08. The minimum absolute atomic E-state index is 0.0599. The summed E-state index contributed by atoms with van der Waals surface area (Å²) in [4.78, 5) is 46.3. The lowest BCUT2D eigenvalue weighted by molar-refractivity contribution is -0.142. The summed E-state index contributed by atoms with van der Waals surface area (Å²) >= 11 is 0. The van der Waals surface area contributed by atoms with E-state index >= 15 is 0 Å². The van der Waals surface area contributed by atoms with Crippen molar-refractivity contribution in [3.63, 3.8) is 0 Å². The van der Waals surface area contributed by atoms with Gasteiger partial charge in [0.05, 0.1) is 29.8 Å². The van der Waals surface area contributed by atoms with Crippen molar-refractivity contribution in [3.8, 4) is 5.69 Å². The van der Waals surface area contributed by atoms with E-state index in [0.717, 1.165) is 12.8 Å². The minimum Gasteiger partial charge on any atom is -0.341 e. The van der Waals surface area contributed by atoms with Crippen molar-refractivity contribution in [1.29, 1.82) is 0 Å². The Morgan fingerprint density at radius 2 is 2.00 bits per heavy atom. The molecule has 162 valence electrons. The summed E-state index contributed by atoms with van der Waals surface area (Å²) in [5, 5.41) is 7.66. The van der Waals surface area contributed by atoms with E-state index in [0.29, 0.717) is 35.5 Å². The predicted octanol–water partition coefficient (Wildman–Crippen LogP) is 2.33. The van der Waals surface area contributed by atoms with E-state index in [1.807, 2.05) is 32.9 Å². The van der Waals surface area contributed by atoms with Crippen molar-refractivity contribution in [1.82, 2.24) is 24.6 Å². The van der Waals surface area contributed by atoms with E-state index in [2.05, 4.69) is 20.4 Å². The third-order valence-corrected chi connectivity index (χ3v) is 5.48. The van der Waals surface area contributed by atoms with Crippen LogP contribution in [0, 0.1) is 11.3 Å². The number of carbonyl (C=O) groups is 2. The van der Waals surface area contributed by atoms with Gasteiger partial charge in [-0.25, -0.2) is 9.67 Å². The van der Waals surface area contributed by atoms with E-state index < -0.39 is 5.41 Å². The second kappa shape index (κ2) is 7.98. The van der Waals surface area contributed by atoms with Crippen LogP contribution in [0.4, 0.5) is 5.69 Å². The summed E-state index contributed by atoms with van der Waals surface area (Å²) in [6.07, 6.45) is 4.30. The second-order valence-electron chi connectivity index (χ2n) is 8.87. The van der Waals surface area contributed by atoms with Crippen LogP contribution in [0.25, 0.3) is 16.7 Å². The van der Waals surface area contributed by atoms with E-state index in [-0.39, 0.29) is 23.3 Å². The van der Waals surface area contributed by atoms with Crippen LogP contribution in [0.2, 0.25) is 0 Å². The smallest absolute Gasteiger partial charge is 0.261 e. The molecule has 1 fully saturated rings. The number of hydrogen-bond acceptors (Lipinski definition) is 5. The molecule has 0 aliphatic carbocycles. The van der Waals surface area contributed by atoms with Gasteiger partial charge in [-0.3, -0.25) is 14.4 Å². The number of amides is 2. The number of fused-ring (bicyclic) bond motifs is 1. The summed E-state index contributed by atoms with van der Waals surface area (Å²) < 4.78 is 1.54. The molecule has 9 nitrogen and oxygen atoms in total. The standard InChI is InChI=1S/C22H26N6O3/c1-22(2,3)21(31)27-10-6-7-14(12-27)19(29)26-16-8-4-5-9-17(16)28-18-15(11-25-28)20(30)24-13-23-18/h4-5,8-9,11,13-14H,6-7,10,12H2,1-3H3,(H,26,29)(H,23,24,30). The zero-order chi connectivity index (χ0) is 22.2. The molecule has 3 heterocycles. The van der Waals surface area contributed by atoms with Gasteiger partial charge in [0.15, 0.2) is 5.65 Å². The molecular formula is C22H26N6O3. The van der Waals surface area contributed by atoms with Gasteiger partial charge in [-0.1, -0.05) is 32.9 Å². The summed E-state index contributed by atoms with van der Waals surface area (Å²) in [6.45, 7) is 6.76. The molecule has 0 saturated carbocycles. The van der Waals surface area contributed by atoms with Crippen LogP contribution in [0.15, 0.2) is 41.6 Å². The van der Waals surface area contributed by atoms with E-state index in [1.165, 1.54) is 17.2 Å². The van der Waals surface area contributed by atoms with Gasteiger partial charge in [0.1, 0.15) is 5.39 Å². The number of benzene rings is 1. The maximum absolute atomic E-state index is 13.1. The molecule has 2 amide bonds. The van der Waals surface area contributed by atoms with Crippen molar-refractivity contribution in [2.24, 2.45) is 11.3 Å². The molecule has 1 aromatic carbocycles. The van der Waals surface area contributed by atoms with E-state index in [1.54, 1.807) is 17.0 Å². The molecule has 1 atom stereocenters. The van der Waals surface area contributed by atoms with E-state index in [9.17, 15) is 14.4 Å². The Morgan fingerprint density at radius 1 is 1.23 bits per heavy atom. The summed E-state index contributed by atoms with van der Waals surface area (Å²) in [5.74, 6) is -0.366. The highest BCUT2D eigenvalue weighted by molar-refractivity contribution is 5.95. The molecule has 3 aromatic rings. The fourth-order valence-corrected chi connectivity index (χ4v) is 3.88. The normalized spacial score (nSPS) is 17.0. The number of piperidine rings is 1. The SMILES string of the molecule is CC(C)(C)C(=O)N1CCCC(C(=O)Nc2ccccc2-n2ncc3c(=O)[nH]cnc32)C1. The first kappa shape index (κ1) is 20.8. The lowest BCUT2D eigenvalue weighted by Crippen LogP contribution is -2.47. The number of rotatable bonds is 3. The van der Waals surface area contributed by atoms with Crippen LogP contribution in [-0.4, -0.2) is 49.6 Å². The Balaban J connectivity index is 1.58. The molecule has 1 aliphatic heterocycles. The number of H-pyrrole nitrogens is 1. The van der Waals surface area contributed by atoms with Crippen LogP contribution in [0.5, 0.6) is 0 Å². The van der Waals surface area contributed by atoms with Gasteiger partial charge in [0.2, 0.25) is 11.8 Å². The monoisotopic (exact) mass is 422 g/mol.